The third-order valence-corrected chi connectivity index (χ3v) is 6.53. The Labute approximate surface area is 204 Å². The molecular formula is C27H29N5O3. The molecule has 1 amide bonds. The SMILES string of the molecule is CCN1CCN(C(=O)c2ccc(-c3cc4ncnc(N[C@H](CO)c5ccccc5)c4o3)cc2)CC1. The molecule has 35 heavy (non-hydrogen) atoms. The van der Waals surface area contributed by atoms with E-state index in [0.717, 1.165) is 43.9 Å². The summed E-state index contributed by atoms with van der Waals surface area (Å²) >= 11 is 0. The molecule has 5 rings (SSSR count). The molecule has 2 aromatic heterocycles. The van der Waals surface area contributed by atoms with E-state index in [9.17, 15) is 9.90 Å². The van der Waals surface area contributed by atoms with Crippen LogP contribution < -0.4 is 5.32 Å². The number of fused-ring (bicyclic) bond motifs is 1. The Hall–Kier alpha value is -3.75. The van der Waals surface area contributed by atoms with E-state index >= 15 is 0 Å². The molecule has 1 saturated heterocycles. The lowest BCUT2D eigenvalue weighted by Crippen LogP contribution is -2.48. The van der Waals surface area contributed by atoms with Gasteiger partial charge < -0.3 is 24.6 Å². The van der Waals surface area contributed by atoms with E-state index in [1.807, 2.05) is 65.6 Å². The second-order valence-electron chi connectivity index (χ2n) is 8.64. The van der Waals surface area contributed by atoms with E-state index in [1.165, 1.54) is 6.33 Å². The molecule has 2 N–H and O–H groups in total. The van der Waals surface area contributed by atoms with Gasteiger partial charge >= 0.3 is 0 Å². The van der Waals surface area contributed by atoms with Crippen molar-refractivity contribution in [3.63, 3.8) is 0 Å². The van der Waals surface area contributed by atoms with Gasteiger partial charge in [-0.2, -0.15) is 0 Å². The monoisotopic (exact) mass is 471 g/mol. The Kier molecular flexibility index (Phi) is 6.74. The minimum absolute atomic E-state index is 0.0604. The van der Waals surface area contributed by atoms with Crippen molar-refractivity contribution in [3.8, 4) is 11.3 Å². The maximum absolute atomic E-state index is 12.9. The number of nitrogens with one attached hydrogen (secondary N) is 1. The number of aliphatic hydroxyl groups is 1. The second kappa shape index (κ2) is 10.2. The van der Waals surface area contributed by atoms with Gasteiger partial charge in [0.1, 0.15) is 17.6 Å². The van der Waals surface area contributed by atoms with Crippen LogP contribution in [0.25, 0.3) is 22.4 Å². The fraction of sp³-hybridized carbons (Fsp3) is 0.296. The molecule has 2 aromatic carbocycles. The largest absolute Gasteiger partial charge is 0.450 e. The van der Waals surface area contributed by atoms with Gasteiger partial charge in [-0.05, 0) is 24.2 Å². The third-order valence-electron chi connectivity index (χ3n) is 6.53. The van der Waals surface area contributed by atoms with Crippen molar-refractivity contribution in [2.75, 3.05) is 44.6 Å². The minimum Gasteiger partial charge on any atom is -0.450 e. The lowest BCUT2D eigenvalue weighted by atomic mass is 10.1. The first-order chi connectivity index (χ1) is 17.2. The molecule has 0 bridgehead atoms. The van der Waals surface area contributed by atoms with Gasteiger partial charge in [0.15, 0.2) is 11.4 Å². The van der Waals surface area contributed by atoms with Crippen LogP contribution in [-0.4, -0.2) is 70.1 Å². The molecule has 180 valence electrons. The van der Waals surface area contributed by atoms with Crippen LogP contribution >= 0.6 is 0 Å². The number of likely N-dealkylation sites (N-methyl/N-ethyl adjacent to an activating group) is 1. The summed E-state index contributed by atoms with van der Waals surface area (Å²) in [6.45, 7) is 6.41. The number of amides is 1. The quantitative estimate of drug-likeness (QED) is 0.423. The molecule has 0 aliphatic carbocycles. The molecule has 8 heteroatoms. The first-order valence-corrected chi connectivity index (χ1v) is 11.9. The van der Waals surface area contributed by atoms with E-state index in [4.69, 9.17) is 4.42 Å². The van der Waals surface area contributed by atoms with E-state index in [0.29, 0.717) is 28.2 Å². The molecule has 1 fully saturated rings. The number of piperazine rings is 1. The summed E-state index contributed by atoms with van der Waals surface area (Å²) in [5.41, 5.74) is 3.65. The summed E-state index contributed by atoms with van der Waals surface area (Å²) < 4.78 is 6.14. The lowest BCUT2D eigenvalue weighted by Gasteiger charge is -2.34. The van der Waals surface area contributed by atoms with Crippen LogP contribution in [0.15, 0.2) is 71.4 Å². The molecule has 8 nitrogen and oxygen atoms in total. The Balaban J connectivity index is 1.35. The van der Waals surface area contributed by atoms with E-state index in [-0.39, 0.29) is 18.6 Å². The van der Waals surface area contributed by atoms with Crippen LogP contribution in [0, 0.1) is 0 Å². The van der Waals surface area contributed by atoms with E-state index < -0.39 is 0 Å². The molecule has 4 aromatic rings. The summed E-state index contributed by atoms with van der Waals surface area (Å²) in [7, 11) is 0. The van der Waals surface area contributed by atoms with Crippen molar-refractivity contribution in [1.29, 1.82) is 0 Å². The van der Waals surface area contributed by atoms with Gasteiger partial charge in [0, 0.05) is 43.4 Å². The van der Waals surface area contributed by atoms with Crippen molar-refractivity contribution >= 4 is 22.8 Å². The molecule has 1 aliphatic heterocycles. The number of nitrogens with zero attached hydrogens (tertiary/aromatic N) is 4. The number of anilines is 1. The zero-order valence-electron chi connectivity index (χ0n) is 19.7. The van der Waals surface area contributed by atoms with Gasteiger partial charge in [-0.15, -0.1) is 0 Å². The summed E-state index contributed by atoms with van der Waals surface area (Å²) in [5.74, 6) is 1.21. The average Bonchev–Trinajstić information content (AvgIpc) is 3.37. The molecule has 1 atom stereocenters. The highest BCUT2D eigenvalue weighted by atomic mass is 16.3. The summed E-state index contributed by atoms with van der Waals surface area (Å²) in [6, 6.07) is 18.7. The highest BCUT2D eigenvalue weighted by molar-refractivity contribution is 5.95. The topological polar surface area (TPSA) is 94.7 Å². The molecule has 0 saturated carbocycles. The van der Waals surface area contributed by atoms with Crippen molar-refractivity contribution in [3.05, 3.63) is 78.1 Å². The van der Waals surface area contributed by atoms with E-state index in [1.54, 1.807) is 0 Å². The molecule has 0 unspecified atom stereocenters. The number of aromatic nitrogens is 2. The van der Waals surface area contributed by atoms with Gasteiger partial charge in [0.2, 0.25) is 0 Å². The maximum Gasteiger partial charge on any atom is 0.253 e. The normalized spacial score (nSPS) is 15.3. The number of furan rings is 1. The molecule has 0 spiro atoms. The van der Waals surface area contributed by atoms with Crippen LogP contribution in [0.3, 0.4) is 0 Å². The first kappa shape index (κ1) is 23.0. The van der Waals surface area contributed by atoms with Crippen molar-refractivity contribution in [1.82, 2.24) is 19.8 Å². The maximum atomic E-state index is 12.9. The van der Waals surface area contributed by atoms with Gasteiger partial charge in [0.05, 0.1) is 12.6 Å². The number of aliphatic hydroxyl groups excluding tert-OH is 1. The zero-order valence-corrected chi connectivity index (χ0v) is 19.7. The number of hydrogen-bond acceptors (Lipinski definition) is 7. The summed E-state index contributed by atoms with van der Waals surface area (Å²) in [5, 5.41) is 13.2. The summed E-state index contributed by atoms with van der Waals surface area (Å²) in [4.78, 5) is 25.9. The van der Waals surface area contributed by atoms with Crippen LogP contribution in [0.4, 0.5) is 5.82 Å². The minimum atomic E-state index is -0.327. The average molecular weight is 472 g/mol. The number of carbonyl (C=O) groups excluding carboxylic acids is 1. The first-order valence-electron chi connectivity index (χ1n) is 11.9. The molecule has 3 heterocycles. The smallest absolute Gasteiger partial charge is 0.253 e. The highest BCUT2D eigenvalue weighted by Crippen LogP contribution is 2.31. The predicted octanol–water partition coefficient (Wildman–Crippen LogP) is 3.81. The Bertz CT molecular complexity index is 1280. The van der Waals surface area contributed by atoms with Gasteiger partial charge in [-0.3, -0.25) is 4.79 Å². The fourth-order valence-electron chi connectivity index (χ4n) is 4.41. The number of hydrogen-bond donors (Lipinski definition) is 2. The molecular weight excluding hydrogens is 442 g/mol. The van der Waals surface area contributed by atoms with E-state index in [2.05, 4.69) is 27.1 Å². The molecule has 1 aliphatic rings. The predicted molar refractivity (Wildman–Crippen MR) is 135 cm³/mol. The van der Waals surface area contributed by atoms with Gasteiger partial charge in [-0.25, -0.2) is 9.97 Å². The van der Waals surface area contributed by atoms with Crippen LogP contribution in [-0.2, 0) is 0 Å². The van der Waals surface area contributed by atoms with Gasteiger partial charge in [0.25, 0.3) is 5.91 Å². The summed E-state index contributed by atoms with van der Waals surface area (Å²) in [6.07, 6.45) is 1.48. The Morgan fingerprint density at radius 1 is 1.06 bits per heavy atom. The number of carbonyl (C=O) groups is 1. The van der Waals surface area contributed by atoms with Crippen LogP contribution in [0.2, 0.25) is 0 Å². The van der Waals surface area contributed by atoms with Gasteiger partial charge in [-0.1, -0.05) is 49.4 Å². The third kappa shape index (κ3) is 4.89. The van der Waals surface area contributed by atoms with Crippen LogP contribution in [0.5, 0.6) is 0 Å². The highest BCUT2D eigenvalue weighted by Gasteiger charge is 2.22. The second-order valence-corrected chi connectivity index (χ2v) is 8.64. The lowest BCUT2D eigenvalue weighted by molar-refractivity contribution is 0.0643. The zero-order chi connectivity index (χ0) is 24.2. The molecule has 0 radical (unpaired) electrons. The van der Waals surface area contributed by atoms with Crippen molar-refractivity contribution in [2.45, 2.75) is 13.0 Å². The standard InChI is InChI=1S/C27H29N5O3/c1-2-31-12-14-32(15-13-31)27(34)21-10-8-20(9-11-21)24-16-22-25(35-24)26(29-18-28-22)30-23(17-33)19-6-4-3-5-7-19/h3-11,16,18,23,33H,2,12-15,17H2,1H3,(H,28,29,30)/t23-/m1/s1. The Morgan fingerprint density at radius 3 is 2.49 bits per heavy atom. The van der Waals surface area contributed by atoms with Crippen molar-refractivity contribution < 1.29 is 14.3 Å². The number of rotatable bonds is 7. The van der Waals surface area contributed by atoms with Crippen LogP contribution in [0.1, 0.15) is 28.9 Å². The van der Waals surface area contributed by atoms with Crippen molar-refractivity contribution in [2.24, 2.45) is 0 Å². The fourth-order valence-corrected chi connectivity index (χ4v) is 4.41. The number of benzene rings is 2. The Morgan fingerprint density at radius 2 is 1.80 bits per heavy atom.